The molecule has 10 nitrogen and oxygen atoms in total. The van der Waals surface area contributed by atoms with Gasteiger partial charge in [0.2, 0.25) is 11.8 Å². The molecule has 1 aliphatic heterocycles. The molecule has 194 valence electrons. The van der Waals surface area contributed by atoms with E-state index in [4.69, 9.17) is 0 Å². The van der Waals surface area contributed by atoms with Crippen LogP contribution >= 0.6 is 15.9 Å². The molecule has 1 fully saturated rings. The standard InChI is InChI=1S/C26H23BrFN7O3/c1-14(36)25-19-8-16(17-10-29-15(2)30-11-17)6-7-20(19)35(33-25)13-24(37)34-12-18(28)9-21(34)26(38)32-23-5-3-4-22(27)31-23/h3-8,10-11,18,21H,9,12-13H2,1-2H3,(H,31,32,38)/t18-,21?/m1/s1. The van der Waals surface area contributed by atoms with Gasteiger partial charge in [-0.15, -0.1) is 0 Å². The van der Waals surface area contributed by atoms with Crippen LogP contribution < -0.4 is 5.32 Å². The number of ketones is 1. The zero-order valence-electron chi connectivity index (χ0n) is 20.6. The molecule has 1 unspecified atom stereocenters. The van der Waals surface area contributed by atoms with Gasteiger partial charge < -0.3 is 10.2 Å². The number of nitrogens with zero attached hydrogens (tertiary/aromatic N) is 6. The molecule has 0 aliphatic carbocycles. The van der Waals surface area contributed by atoms with E-state index in [1.807, 2.05) is 12.1 Å². The molecule has 12 heteroatoms. The number of alkyl halides is 1. The molecule has 2 amide bonds. The van der Waals surface area contributed by atoms with Crippen LogP contribution in [0.25, 0.3) is 22.0 Å². The van der Waals surface area contributed by atoms with Crippen LogP contribution in [0.1, 0.15) is 29.7 Å². The van der Waals surface area contributed by atoms with E-state index >= 15 is 0 Å². The van der Waals surface area contributed by atoms with Crippen molar-refractivity contribution in [3.05, 3.63) is 64.9 Å². The predicted molar refractivity (Wildman–Crippen MR) is 141 cm³/mol. The first kappa shape index (κ1) is 25.6. The van der Waals surface area contributed by atoms with Gasteiger partial charge in [0.25, 0.3) is 0 Å². The van der Waals surface area contributed by atoms with Crippen molar-refractivity contribution >= 4 is 50.2 Å². The molecule has 0 bridgehead atoms. The minimum absolute atomic E-state index is 0.119. The summed E-state index contributed by atoms with van der Waals surface area (Å²) in [6, 6.07) is 9.42. The predicted octanol–water partition coefficient (Wildman–Crippen LogP) is 3.74. The highest BCUT2D eigenvalue weighted by Crippen LogP contribution is 2.28. The Kier molecular flexibility index (Phi) is 6.98. The molecule has 4 heterocycles. The van der Waals surface area contributed by atoms with Crippen LogP contribution in [0.5, 0.6) is 0 Å². The number of Topliss-reactive ketones (excluding diaryl/α,β-unsaturated/α-hetero) is 1. The van der Waals surface area contributed by atoms with Crippen molar-refractivity contribution in [2.45, 2.75) is 39.0 Å². The monoisotopic (exact) mass is 579 g/mol. The van der Waals surface area contributed by atoms with Gasteiger partial charge in [-0.1, -0.05) is 12.1 Å². The van der Waals surface area contributed by atoms with Crippen molar-refractivity contribution in [3.8, 4) is 11.1 Å². The summed E-state index contributed by atoms with van der Waals surface area (Å²) in [5, 5.41) is 7.62. The Morgan fingerprint density at radius 1 is 1.13 bits per heavy atom. The minimum atomic E-state index is -1.34. The Morgan fingerprint density at radius 3 is 2.61 bits per heavy atom. The summed E-state index contributed by atoms with van der Waals surface area (Å²) < 4.78 is 16.4. The SMILES string of the molecule is CC(=O)c1nn(CC(=O)N2C[C@H](F)CC2C(=O)Nc2cccc(Br)n2)c2ccc(-c3cnc(C)nc3)cc12. The molecule has 3 aromatic heterocycles. The van der Waals surface area contributed by atoms with Gasteiger partial charge in [0.1, 0.15) is 40.7 Å². The average molecular weight is 580 g/mol. The van der Waals surface area contributed by atoms with E-state index in [0.29, 0.717) is 21.3 Å². The van der Waals surface area contributed by atoms with Gasteiger partial charge in [0.05, 0.1) is 12.1 Å². The van der Waals surface area contributed by atoms with Crippen LogP contribution in [-0.2, 0) is 16.1 Å². The second kappa shape index (κ2) is 10.4. The molecule has 2 atom stereocenters. The number of hydrogen-bond acceptors (Lipinski definition) is 7. The molecule has 38 heavy (non-hydrogen) atoms. The smallest absolute Gasteiger partial charge is 0.248 e. The fourth-order valence-corrected chi connectivity index (χ4v) is 4.84. The lowest BCUT2D eigenvalue weighted by atomic mass is 10.0. The van der Waals surface area contributed by atoms with Crippen molar-refractivity contribution in [3.63, 3.8) is 0 Å². The van der Waals surface area contributed by atoms with E-state index in [1.54, 1.807) is 43.6 Å². The van der Waals surface area contributed by atoms with Gasteiger partial charge >= 0.3 is 0 Å². The number of carbonyl (C=O) groups is 3. The second-order valence-corrected chi connectivity index (χ2v) is 9.86. The number of rotatable bonds is 6. The van der Waals surface area contributed by atoms with Gasteiger partial charge in [0.15, 0.2) is 5.78 Å². The molecule has 4 aromatic rings. The number of pyridine rings is 1. The molecule has 1 aromatic carbocycles. The summed E-state index contributed by atoms with van der Waals surface area (Å²) in [6.45, 7) is 2.72. The van der Waals surface area contributed by atoms with Crippen LogP contribution in [0.2, 0.25) is 0 Å². The highest BCUT2D eigenvalue weighted by Gasteiger charge is 2.40. The summed E-state index contributed by atoms with van der Waals surface area (Å²) in [5.41, 5.74) is 2.34. The summed E-state index contributed by atoms with van der Waals surface area (Å²) in [4.78, 5) is 52.5. The topological polar surface area (TPSA) is 123 Å². The van der Waals surface area contributed by atoms with Crippen molar-refractivity contribution in [1.82, 2.24) is 29.6 Å². The zero-order chi connectivity index (χ0) is 27.0. The number of anilines is 1. The third-order valence-corrected chi connectivity index (χ3v) is 6.76. The Morgan fingerprint density at radius 2 is 1.89 bits per heavy atom. The Bertz CT molecular complexity index is 1560. The largest absolute Gasteiger partial charge is 0.326 e. The molecule has 0 spiro atoms. The van der Waals surface area contributed by atoms with Crippen LogP contribution in [0.4, 0.5) is 10.2 Å². The van der Waals surface area contributed by atoms with Gasteiger partial charge in [-0.3, -0.25) is 19.1 Å². The van der Waals surface area contributed by atoms with E-state index in [2.05, 4.69) is 41.3 Å². The number of hydrogen-bond donors (Lipinski definition) is 1. The number of fused-ring (bicyclic) bond motifs is 1. The minimum Gasteiger partial charge on any atom is -0.326 e. The van der Waals surface area contributed by atoms with Crippen LogP contribution in [0, 0.1) is 6.92 Å². The maximum atomic E-state index is 14.4. The summed E-state index contributed by atoms with van der Waals surface area (Å²) in [6.07, 6.45) is 1.93. The van der Waals surface area contributed by atoms with Crippen molar-refractivity contribution < 1.29 is 18.8 Å². The van der Waals surface area contributed by atoms with Gasteiger partial charge in [-0.2, -0.15) is 5.10 Å². The summed E-state index contributed by atoms with van der Waals surface area (Å²) in [5.74, 6) is -0.338. The number of halogens is 2. The normalized spacial score (nSPS) is 17.1. The lowest BCUT2D eigenvalue weighted by Gasteiger charge is -2.23. The maximum Gasteiger partial charge on any atom is 0.248 e. The molecular weight excluding hydrogens is 557 g/mol. The number of likely N-dealkylation sites (tertiary alicyclic amines) is 1. The Balaban J connectivity index is 1.41. The third-order valence-electron chi connectivity index (χ3n) is 6.32. The average Bonchev–Trinajstić information content (AvgIpc) is 3.45. The highest BCUT2D eigenvalue weighted by atomic mass is 79.9. The summed E-state index contributed by atoms with van der Waals surface area (Å²) >= 11 is 3.24. The van der Waals surface area contributed by atoms with Crippen LogP contribution in [0.3, 0.4) is 0 Å². The van der Waals surface area contributed by atoms with Gasteiger partial charge in [-0.05, 0) is 52.7 Å². The highest BCUT2D eigenvalue weighted by molar-refractivity contribution is 9.10. The van der Waals surface area contributed by atoms with E-state index in [9.17, 15) is 18.8 Å². The summed E-state index contributed by atoms with van der Waals surface area (Å²) in [7, 11) is 0. The maximum absolute atomic E-state index is 14.4. The van der Waals surface area contributed by atoms with E-state index in [1.165, 1.54) is 16.5 Å². The van der Waals surface area contributed by atoms with Gasteiger partial charge in [-0.25, -0.2) is 19.3 Å². The quantitative estimate of drug-likeness (QED) is 0.272. The first-order chi connectivity index (χ1) is 18.2. The number of aryl methyl sites for hydroxylation is 1. The molecule has 0 radical (unpaired) electrons. The Labute approximate surface area is 225 Å². The molecular formula is C26H23BrFN7O3. The Hall–Kier alpha value is -4.06. The number of aromatic nitrogens is 5. The first-order valence-corrected chi connectivity index (χ1v) is 12.7. The van der Waals surface area contributed by atoms with E-state index in [-0.39, 0.29) is 36.8 Å². The molecule has 0 saturated carbocycles. The van der Waals surface area contributed by atoms with Crippen molar-refractivity contribution in [1.29, 1.82) is 0 Å². The van der Waals surface area contributed by atoms with Crippen molar-refractivity contribution in [2.24, 2.45) is 0 Å². The van der Waals surface area contributed by atoms with Crippen LogP contribution in [0.15, 0.2) is 53.4 Å². The molecule has 5 rings (SSSR count). The fraction of sp³-hybridized carbons (Fsp3) is 0.269. The lowest BCUT2D eigenvalue weighted by molar-refractivity contribution is -0.137. The molecule has 1 N–H and O–H groups in total. The van der Waals surface area contributed by atoms with Crippen molar-refractivity contribution in [2.75, 3.05) is 11.9 Å². The lowest BCUT2D eigenvalue weighted by Crippen LogP contribution is -2.44. The second-order valence-electron chi connectivity index (χ2n) is 9.04. The first-order valence-electron chi connectivity index (χ1n) is 11.9. The third kappa shape index (κ3) is 5.17. The van der Waals surface area contributed by atoms with E-state index in [0.717, 1.165) is 11.1 Å². The van der Waals surface area contributed by atoms with Gasteiger partial charge in [0, 0.05) is 36.7 Å². The number of nitrogens with one attached hydrogen (secondary N) is 1. The number of carbonyl (C=O) groups excluding carboxylic acids is 3. The number of benzene rings is 1. The molecule has 1 aliphatic rings. The molecule has 1 saturated heterocycles. The van der Waals surface area contributed by atoms with E-state index < -0.39 is 24.0 Å². The fourth-order valence-electron chi connectivity index (χ4n) is 4.50. The number of amides is 2. The van der Waals surface area contributed by atoms with Crippen LogP contribution in [-0.4, -0.2) is 66.0 Å². The zero-order valence-corrected chi connectivity index (χ0v) is 22.1.